The molecule has 0 aliphatic carbocycles. The lowest BCUT2D eigenvalue weighted by atomic mass is 10.2. The molecule has 5 heteroatoms. The van der Waals surface area contributed by atoms with Crippen molar-refractivity contribution >= 4 is 35.6 Å². The molecule has 1 aromatic carbocycles. The first-order valence-electron chi connectivity index (χ1n) is 7.95. The zero-order chi connectivity index (χ0) is 16.4. The van der Waals surface area contributed by atoms with Crippen molar-refractivity contribution in [3.05, 3.63) is 42.5 Å². The summed E-state index contributed by atoms with van der Waals surface area (Å²) in [6, 6.07) is 8.54. The van der Waals surface area contributed by atoms with Gasteiger partial charge >= 0.3 is 0 Å². The van der Waals surface area contributed by atoms with Crippen molar-refractivity contribution in [1.29, 1.82) is 0 Å². The topological polar surface area (TPSA) is 30.9 Å². The number of anilines is 1. The van der Waals surface area contributed by atoms with E-state index in [0.717, 1.165) is 31.9 Å². The molecule has 0 bridgehead atoms. The van der Waals surface area contributed by atoms with Gasteiger partial charge in [0.15, 0.2) is 5.96 Å². The van der Waals surface area contributed by atoms with Crippen molar-refractivity contribution in [3.8, 4) is 0 Å². The predicted octanol–water partition coefficient (Wildman–Crippen LogP) is 3.73. The number of rotatable bonds is 8. The first-order chi connectivity index (χ1) is 10.6. The molecule has 0 saturated heterocycles. The zero-order valence-electron chi connectivity index (χ0n) is 14.9. The van der Waals surface area contributed by atoms with Crippen LogP contribution in [0.3, 0.4) is 0 Å². The van der Waals surface area contributed by atoms with E-state index in [0.29, 0.717) is 6.54 Å². The molecule has 0 spiro atoms. The van der Waals surface area contributed by atoms with E-state index in [4.69, 9.17) is 4.99 Å². The highest BCUT2D eigenvalue weighted by Crippen LogP contribution is 2.12. The molecule has 0 saturated carbocycles. The lowest BCUT2D eigenvalue weighted by Gasteiger charge is -2.21. The van der Waals surface area contributed by atoms with Gasteiger partial charge in [-0.25, -0.2) is 4.99 Å². The van der Waals surface area contributed by atoms with Crippen LogP contribution in [0, 0.1) is 0 Å². The van der Waals surface area contributed by atoms with E-state index in [1.54, 1.807) is 0 Å². The maximum atomic E-state index is 4.73. The summed E-state index contributed by atoms with van der Waals surface area (Å²) < 4.78 is 0. The van der Waals surface area contributed by atoms with Gasteiger partial charge in [0.05, 0.1) is 6.54 Å². The van der Waals surface area contributed by atoms with Crippen LogP contribution in [-0.2, 0) is 6.54 Å². The highest BCUT2D eigenvalue weighted by atomic mass is 127. The molecular formula is C18H31IN4. The SMILES string of the molecule is C=CCCCN(C)C(=NCc1ccc(N(C)C)cc1)NCC.I. The summed E-state index contributed by atoms with van der Waals surface area (Å²) in [6.07, 6.45) is 4.10. The summed E-state index contributed by atoms with van der Waals surface area (Å²) in [5.74, 6) is 0.961. The number of nitrogens with zero attached hydrogens (tertiary/aromatic N) is 3. The van der Waals surface area contributed by atoms with Gasteiger partial charge in [0.25, 0.3) is 0 Å². The van der Waals surface area contributed by atoms with Gasteiger partial charge in [-0.15, -0.1) is 30.6 Å². The van der Waals surface area contributed by atoms with Crippen molar-refractivity contribution in [1.82, 2.24) is 10.2 Å². The number of unbranched alkanes of at least 4 members (excludes halogenated alkanes) is 1. The quantitative estimate of drug-likeness (QED) is 0.224. The molecule has 0 aliphatic heterocycles. The average molecular weight is 430 g/mol. The highest BCUT2D eigenvalue weighted by Gasteiger charge is 2.04. The molecule has 1 N–H and O–H groups in total. The smallest absolute Gasteiger partial charge is 0.193 e. The van der Waals surface area contributed by atoms with Crippen LogP contribution < -0.4 is 10.2 Å². The van der Waals surface area contributed by atoms with Crippen LogP contribution in [0.25, 0.3) is 0 Å². The standard InChI is InChI=1S/C18H30N4.HI/c1-6-8-9-14-22(5)18(19-7-2)20-15-16-10-12-17(13-11-16)21(3)4;/h6,10-13H,1,7-9,14-15H2,2-5H3,(H,19,20);1H. The van der Waals surface area contributed by atoms with Crippen LogP contribution in [0.1, 0.15) is 25.3 Å². The van der Waals surface area contributed by atoms with Crippen LogP contribution in [-0.4, -0.2) is 45.1 Å². The van der Waals surface area contributed by atoms with Gasteiger partial charge in [-0.3, -0.25) is 0 Å². The third kappa shape index (κ3) is 8.25. The number of nitrogens with one attached hydrogen (secondary N) is 1. The molecule has 0 radical (unpaired) electrons. The summed E-state index contributed by atoms with van der Waals surface area (Å²) in [5.41, 5.74) is 2.43. The van der Waals surface area contributed by atoms with Crippen LogP contribution in [0.4, 0.5) is 5.69 Å². The van der Waals surface area contributed by atoms with Crippen molar-refractivity contribution in [3.63, 3.8) is 0 Å². The van der Waals surface area contributed by atoms with Gasteiger partial charge in [-0.1, -0.05) is 18.2 Å². The van der Waals surface area contributed by atoms with E-state index in [9.17, 15) is 0 Å². The number of allylic oxidation sites excluding steroid dienone is 1. The molecule has 1 aromatic rings. The predicted molar refractivity (Wildman–Crippen MR) is 113 cm³/mol. The lowest BCUT2D eigenvalue weighted by Crippen LogP contribution is -2.39. The monoisotopic (exact) mass is 430 g/mol. The molecule has 0 fully saturated rings. The van der Waals surface area contributed by atoms with Gasteiger partial charge in [0.1, 0.15) is 0 Å². The molecule has 0 aliphatic rings. The second-order valence-electron chi connectivity index (χ2n) is 5.58. The number of halogens is 1. The van der Waals surface area contributed by atoms with Crippen LogP contribution >= 0.6 is 24.0 Å². The van der Waals surface area contributed by atoms with E-state index < -0.39 is 0 Å². The lowest BCUT2D eigenvalue weighted by molar-refractivity contribution is 0.470. The fourth-order valence-corrected chi connectivity index (χ4v) is 2.11. The van der Waals surface area contributed by atoms with Crippen molar-refractivity contribution in [2.24, 2.45) is 4.99 Å². The van der Waals surface area contributed by atoms with Gasteiger partial charge < -0.3 is 15.1 Å². The first kappa shape index (κ1) is 21.8. The van der Waals surface area contributed by atoms with Crippen molar-refractivity contribution < 1.29 is 0 Å². The molecule has 1 rings (SSSR count). The molecule has 0 atom stereocenters. The van der Waals surface area contributed by atoms with Gasteiger partial charge in [-0.2, -0.15) is 0 Å². The summed E-state index contributed by atoms with van der Waals surface area (Å²) in [5, 5.41) is 3.35. The Balaban J connectivity index is 0.00000484. The van der Waals surface area contributed by atoms with Crippen LogP contribution in [0.15, 0.2) is 41.9 Å². The fraction of sp³-hybridized carbons (Fsp3) is 0.500. The Labute approximate surface area is 158 Å². The third-order valence-electron chi connectivity index (χ3n) is 3.46. The second kappa shape index (κ2) is 12.2. The highest BCUT2D eigenvalue weighted by molar-refractivity contribution is 14.0. The maximum Gasteiger partial charge on any atom is 0.193 e. The molecule has 130 valence electrons. The van der Waals surface area contributed by atoms with E-state index >= 15 is 0 Å². The normalized spacial score (nSPS) is 10.7. The maximum absolute atomic E-state index is 4.73. The van der Waals surface area contributed by atoms with Crippen molar-refractivity contribution in [2.45, 2.75) is 26.3 Å². The number of guanidine groups is 1. The van der Waals surface area contributed by atoms with Crippen LogP contribution in [0.2, 0.25) is 0 Å². The van der Waals surface area contributed by atoms with Gasteiger partial charge in [-0.05, 0) is 37.5 Å². The first-order valence-corrected chi connectivity index (χ1v) is 7.95. The van der Waals surface area contributed by atoms with E-state index in [-0.39, 0.29) is 24.0 Å². The molecular weight excluding hydrogens is 399 g/mol. The molecule has 0 unspecified atom stereocenters. The average Bonchev–Trinajstić information content (AvgIpc) is 2.52. The minimum Gasteiger partial charge on any atom is -0.378 e. The van der Waals surface area contributed by atoms with Gasteiger partial charge in [0.2, 0.25) is 0 Å². The van der Waals surface area contributed by atoms with Crippen molar-refractivity contribution in [2.75, 3.05) is 39.1 Å². The number of aliphatic imine (C=N–C) groups is 1. The summed E-state index contributed by atoms with van der Waals surface area (Å²) >= 11 is 0. The Morgan fingerprint density at radius 2 is 1.87 bits per heavy atom. The minimum absolute atomic E-state index is 0. The summed E-state index contributed by atoms with van der Waals surface area (Å²) in [4.78, 5) is 9.01. The second-order valence-corrected chi connectivity index (χ2v) is 5.58. The molecule has 23 heavy (non-hydrogen) atoms. The fourth-order valence-electron chi connectivity index (χ4n) is 2.11. The Bertz CT molecular complexity index is 468. The van der Waals surface area contributed by atoms with E-state index in [1.807, 2.05) is 6.08 Å². The molecule has 0 heterocycles. The largest absolute Gasteiger partial charge is 0.378 e. The molecule has 0 aromatic heterocycles. The Morgan fingerprint density at radius 1 is 1.22 bits per heavy atom. The number of hydrogen-bond donors (Lipinski definition) is 1. The van der Waals surface area contributed by atoms with E-state index in [2.05, 4.69) is 74.0 Å². The number of benzene rings is 1. The summed E-state index contributed by atoms with van der Waals surface area (Å²) in [6.45, 7) is 8.42. The third-order valence-corrected chi connectivity index (χ3v) is 3.46. The Morgan fingerprint density at radius 3 is 2.39 bits per heavy atom. The number of hydrogen-bond acceptors (Lipinski definition) is 2. The Kier molecular flexibility index (Phi) is 11.6. The van der Waals surface area contributed by atoms with Crippen LogP contribution in [0.5, 0.6) is 0 Å². The van der Waals surface area contributed by atoms with Gasteiger partial charge in [0, 0.05) is 39.9 Å². The minimum atomic E-state index is 0. The Hall–Kier alpha value is -1.24. The molecule has 0 amide bonds. The molecule has 4 nitrogen and oxygen atoms in total. The van der Waals surface area contributed by atoms with E-state index in [1.165, 1.54) is 11.3 Å². The summed E-state index contributed by atoms with van der Waals surface area (Å²) in [7, 11) is 6.18. The zero-order valence-corrected chi connectivity index (χ0v) is 17.2.